The lowest BCUT2D eigenvalue weighted by Crippen LogP contribution is -2.26. The van der Waals surface area contributed by atoms with Gasteiger partial charge < -0.3 is 5.11 Å². The van der Waals surface area contributed by atoms with Crippen molar-refractivity contribution >= 4 is 8.07 Å². The highest BCUT2D eigenvalue weighted by molar-refractivity contribution is 6.83. The zero-order valence-corrected chi connectivity index (χ0v) is 8.44. The maximum Gasteiger partial charge on any atom is 0.0750 e. The van der Waals surface area contributed by atoms with Crippen molar-refractivity contribution in [2.75, 3.05) is 6.61 Å². The van der Waals surface area contributed by atoms with E-state index in [1.165, 1.54) is 5.20 Å². The van der Waals surface area contributed by atoms with Crippen LogP contribution in [0.2, 0.25) is 19.6 Å². The van der Waals surface area contributed by atoms with Gasteiger partial charge in [-0.2, -0.15) is 0 Å². The summed E-state index contributed by atoms with van der Waals surface area (Å²) in [6.07, 6.45) is 3.20. The molecular formula is C8H18OSi. The lowest BCUT2D eigenvalue weighted by molar-refractivity contribution is 0.337. The Bertz CT molecular complexity index is 122. The van der Waals surface area contributed by atoms with Gasteiger partial charge in [0.25, 0.3) is 0 Å². The molecule has 60 valence electrons. The molecule has 0 unspecified atom stereocenters. The number of hydrogen-bond donors (Lipinski definition) is 1. The van der Waals surface area contributed by atoms with Gasteiger partial charge in [-0.1, -0.05) is 37.8 Å². The summed E-state index contributed by atoms with van der Waals surface area (Å²) in [6.45, 7) is 9.12. The van der Waals surface area contributed by atoms with Gasteiger partial charge in [-0.3, -0.25) is 0 Å². The molecule has 0 aromatic heterocycles. The molecule has 0 rings (SSSR count). The molecule has 1 N–H and O–H groups in total. The SMILES string of the molecule is CC/C=C(/CO)[Si](C)(C)C. The van der Waals surface area contributed by atoms with Gasteiger partial charge in [0.1, 0.15) is 0 Å². The molecule has 0 bridgehead atoms. The number of rotatable bonds is 3. The van der Waals surface area contributed by atoms with Gasteiger partial charge in [-0.05, 0) is 6.42 Å². The standard InChI is InChI=1S/C8H18OSi/c1-5-6-8(7-9)10(2,3)4/h6,9H,5,7H2,1-4H3/b8-6-. The third-order valence-electron chi connectivity index (χ3n) is 1.58. The third kappa shape index (κ3) is 3.18. The molecule has 0 aliphatic heterocycles. The molecule has 2 heteroatoms. The van der Waals surface area contributed by atoms with Crippen LogP contribution in [0.4, 0.5) is 0 Å². The molecule has 0 atom stereocenters. The Hall–Kier alpha value is -0.0831. The van der Waals surface area contributed by atoms with Crippen LogP contribution in [-0.2, 0) is 0 Å². The topological polar surface area (TPSA) is 20.2 Å². The van der Waals surface area contributed by atoms with Crippen molar-refractivity contribution in [2.45, 2.75) is 33.0 Å². The van der Waals surface area contributed by atoms with Crippen molar-refractivity contribution in [3.8, 4) is 0 Å². The molecule has 0 aliphatic carbocycles. The highest BCUT2D eigenvalue weighted by Gasteiger charge is 2.17. The minimum atomic E-state index is -1.20. The Balaban J connectivity index is 4.21. The van der Waals surface area contributed by atoms with E-state index in [0.29, 0.717) is 0 Å². The summed E-state index contributed by atoms with van der Waals surface area (Å²) in [5.74, 6) is 0. The zero-order chi connectivity index (χ0) is 8.20. The van der Waals surface area contributed by atoms with Crippen molar-refractivity contribution in [1.29, 1.82) is 0 Å². The maximum atomic E-state index is 8.96. The molecule has 0 aliphatic rings. The van der Waals surface area contributed by atoms with Gasteiger partial charge in [0.05, 0.1) is 14.7 Å². The molecule has 1 nitrogen and oxygen atoms in total. The van der Waals surface area contributed by atoms with E-state index >= 15 is 0 Å². The van der Waals surface area contributed by atoms with E-state index in [1.807, 2.05) is 0 Å². The molecular weight excluding hydrogens is 140 g/mol. The Kier molecular flexibility index (Phi) is 3.90. The van der Waals surface area contributed by atoms with E-state index in [0.717, 1.165) is 6.42 Å². The monoisotopic (exact) mass is 158 g/mol. The van der Waals surface area contributed by atoms with E-state index < -0.39 is 8.07 Å². The van der Waals surface area contributed by atoms with Gasteiger partial charge >= 0.3 is 0 Å². The maximum absolute atomic E-state index is 8.96. The van der Waals surface area contributed by atoms with E-state index in [4.69, 9.17) is 5.11 Å². The van der Waals surface area contributed by atoms with Crippen LogP contribution in [0, 0.1) is 0 Å². The fourth-order valence-electron chi connectivity index (χ4n) is 0.854. The lowest BCUT2D eigenvalue weighted by atomic mass is 10.4. The summed E-state index contributed by atoms with van der Waals surface area (Å²) in [4.78, 5) is 0. The van der Waals surface area contributed by atoms with Gasteiger partial charge in [-0.15, -0.1) is 0 Å². The average molecular weight is 158 g/mol. The van der Waals surface area contributed by atoms with Gasteiger partial charge in [0, 0.05) is 0 Å². The van der Waals surface area contributed by atoms with Crippen LogP contribution in [0.1, 0.15) is 13.3 Å². The normalized spacial score (nSPS) is 13.9. The van der Waals surface area contributed by atoms with E-state index in [2.05, 4.69) is 32.6 Å². The van der Waals surface area contributed by atoms with Crippen LogP contribution in [0.15, 0.2) is 11.3 Å². The Morgan fingerprint density at radius 1 is 1.40 bits per heavy atom. The minimum Gasteiger partial charge on any atom is -0.392 e. The second kappa shape index (κ2) is 3.94. The van der Waals surface area contributed by atoms with Crippen LogP contribution >= 0.6 is 0 Å². The first-order valence-electron chi connectivity index (χ1n) is 3.82. The van der Waals surface area contributed by atoms with Crippen molar-refractivity contribution in [3.05, 3.63) is 11.3 Å². The highest BCUT2D eigenvalue weighted by Crippen LogP contribution is 2.13. The smallest absolute Gasteiger partial charge is 0.0750 e. The molecule has 0 amide bonds. The zero-order valence-electron chi connectivity index (χ0n) is 7.44. The van der Waals surface area contributed by atoms with Gasteiger partial charge in [0.15, 0.2) is 0 Å². The predicted octanol–water partition coefficient (Wildman–Crippen LogP) is 2.19. The van der Waals surface area contributed by atoms with Crippen molar-refractivity contribution in [3.63, 3.8) is 0 Å². The molecule has 0 radical (unpaired) electrons. The summed E-state index contributed by atoms with van der Waals surface area (Å²) in [5.41, 5.74) is 0. The fraction of sp³-hybridized carbons (Fsp3) is 0.750. The number of aliphatic hydroxyl groups excluding tert-OH is 1. The molecule has 10 heavy (non-hydrogen) atoms. The molecule has 0 fully saturated rings. The Labute approximate surface area is 64.8 Å². The van der Waals surface area contributed by atoms with Crippen LogP contribution in [0.5, 0.6) is 0 Å². The molecule has 0 heterocycles. The van der Waals surface area contributed by atoms with Crippen LogP contribution in [-0.4, -0.2) is 19.8 Å². The Morgan fingerprint density at radius 2 is 1.90 bits per heavy atom. The first kappa shape index (κ1) is 9.92. The molecule has 0 aromatic rings. The molecule has 0 spiro atoms. The predicted molar refractivity (Wildman–Crippen MR) is 48.8 cm³/mol. The Morgan fingerprint density at radius 3 is 2.00 bits per heavy atom. The van der Waals surface area contributed by atoms with E-state index in [9.17, 15) is 0 Å². The van der Waals surface area contributed by atoms with Crippen LogP contribution in [0.3, 0.4) is 0 Å². The minimum absolute atomic E-state index is 0.254. The van der Waals surface area contributed by atoms with Crippen molar-refractivity contribution in [2.24, 2.45) is 0 Å². The molecule has 0 saturated carbocycles. The van der Waals surface area contributed by atoms with E-state index in [1.54, 1.807) is 0 Å². The average Bonchev–Trinajstić information content (AvgIpc) is 1.80. The third-order valence-corrected chi connectivity index (χ3v) is 3.87. The fourth-order valence-corrected chi connectivity index (χ4v) is 2.15. The number of allylic oxidation sites excluding steroid dienone is 1. The van der Waals surface area contributed by atoms with Crippen molar-refractivity contribution < 1.29 is 5.11 Å². The summed E-state index contributed by atoms with van der Waals surface area (Å²) in [5, 5.41) is 10.2. The highest BCUT2D eigenvalue weighted by atomic mass is 28.3. The van der Waals surface area contributed by atoms with E-state index in [-0.39, 0.29) is 6.61 Å². The lowest BCUT2D eigenvalue weighted by Gasteiger charge is -2.18. The number of aliphatic hydroxyl groups is 1. The number of hydrogen-bond acceptors (Lipinski definition) is 1. The first-order valence-corrected chi connectivity index (χ1v) is 7.32. The molecule has 0 aromatic carbocycles. The van der Waals surface area contributed by atoms with Gasteiger partial charge in [-0.25, -0.2) is 0 Å². The summed E-state index contributed by atoms with van der Waals surface area (Å²) < 4.78 is 0. The summed E-state index contributed by atoms with van der Waals surface area (Å²) in [6, 6.07) is 0. The molecule has 0 saturated heterocycles. The largest absolute Gasteiger partial charge is 0.392 e. The summed E-state index contributed by atoms with van der Waals surface area (Å²) >= 11 is 0. The summed E-state index contributed by atoms with van der Waals surface area (Å²) in [7, 11) is -1.20. The van der Waals surface area contributed by atoms with Crippen LogP contribution in [0.25, 0.3) is 0 Å². The van der Waals surface area contributed by atoms with Gasteiger partial charge in [0.2, 0.25) is 0 Å². The first-order chi connectivity index (χ1) is 4.52. The van der Waals surface area contributed by atoms with Crippen LogP contribution < -0.4 is 0 Å². The van der Waals surface area contributed by atoms with Crippen molar-refractivity contribution in [1.82, 2.24) is 0 Å². The second-order valence-corrected chi connectivity index (χ2v) is 8.69. The second-order valence-electron chi connectivity index (χ2n) is 3.55. The quantitative estimate of drug-likeness (QED) is 0.624.